The van der Waals surface area contributed by atoms with Gasteiger partial charge in [0.15, 0.2) is 0 Å². The van der Waals surface area contributed by atoms with Gasteiger partial charge in [-0.3, -0.25) is 0 Å². The van der Waals surface area contributed by atoms with Crippen LogP contribution in [0.1, 0.15) is 11.3 Å². The maximum Gasteiger partial charge on any atom is 0.126 e. The van der Waals surface area contributed by atoms with Gasteiger partial charge in [-0.2, -0.15) is 0 Å². The summed E-state index contributed by atoms with van der Waals surface area (Å²) in [6.45, 7) is 0. The maximum atomic E-state index is 5.33. The Kier molecular flexibility index (Phi) is 3.41. The summed E-state index contributed by atoms with van der Waals surface area (Å²) >= 11 is 1.60. The van der Waals surface area contributed by atoms with E-state index in [1.807, 2.05) is 29.1 Å². The topological polar surface area (TPSA) is 31.4 Å². The molecule has 0 amide bonds. The highest BCUT2D eigenvalue weighted by atomic mass is 32.1. The third-order valence-electron chi connectivity index (χ3n) is 2.35. The van der Waals surface area contributed by atoms with Crippen LogP contribution in [0.15, 0.2) is 29.1 Å². The molecule has 0 aliphatic rings. The summed E-state index contributed by atoms with van der Waals surface area (Å²) in [5.41, 5.74) is 4.02. The van der Waals surface area contributed by atoms with E-state index in [1.54, 1.807) is 25.6 Å². The quantitative estimate of drug-likeness (QED) is 0.816. The molecule has 0 saturated carbocycles. The zero-order valence-corrected chi connectivity index (χ0v) is 10.1. The van der Waals surface area contributed by atoms with Gasteiger partial charge >= 0.3 is 0 Å². The minimum absolute atomic E-state index is 0.788. The van der Waals surface area contributed by atoms with E-state index in [9.17, 15) is 0 Å². The molecule has 0 N–H and O–H groups in total. The summed E-state index contributed by atoms with van der Waals surface area (Å²) in [6, 6.07) is 5.84. The van der Waals surface area contributed by atoms with Crippen molar-refractivity contribution in [2.45, 2.75) is 6.42 Å². The lowest BCUT2D eigenvalue weighted by Gasteiger charge is -2.09. The zero-order valence-electron chi connectivity index (χ0n) is 9.27. The number of hydrogen-bond donors (Lipinski definition) is 0. The SMILES string of the molecule is COc1ccc(Cc2cscn2)c(OC)c1. The van der Waals surface area contributed by atoms with E-state index in [0.717, 1.165) is 29.2 Å². The third-order valence-corrected chi connectivity index (χ3v) is 2.98. The lowest BCUT2D eigenvalue weighted by Crippen LogP contribution is -1.95. The Balaban J connectivity index is 2.26. The van der Waals surface area contributed by atoms with Crippen LogP contribution in [0, 0.1) is 0 Å². The van der Waals surface area contributed by atoms with Gasteiger partial charge in [0, 0.05) is 23.4 Å². The fourth-order valence-electron chi connectivity index (χ4n) is 1.52. The summed E-state index contributed by atoms with van der Waals surface area (Å²) in [5.74, 6) is 1.64. The molecule has 0 atom stereocenters. The lowest BCUT2D eigenvalue weighted by atomic mass is 10.1. The Labute approximate surface area is 98.7 Å². The first-order valence-electron chi connectivity index (χ1n) is 4.91. The van der Waals surface area contributed by atoms with E-state index in [4.69, 9.17) is 9.47 Å². The van der Waals surface area contributed by atoms with Gasteiger partial charge in [0.05, 0.1) is 25.4 Å². The van der Waals surface area contributed by atoms with E-state index in [1.165, 1.54) is 0 Å². The average molecular weight is 235 g/mol. The fourth-order valence-corrected chi connectivity index (χ4v) is 2.08. The van der Waals surface area contributed by atoms with E-state index in [0.29, 0.717) is 0 Å². The van der Waals surface area contributed by atoms with E-state index in [2.05, 4.69) is 4.98 Å². The second kappa shape index (κ2) is 4.99. The highest BCUT2D eigenvalue weighted by Crippen LogP contribution is 2.26. The highest BCUT2D eigenvalue weighted by molar-refractivity contribution is 7.07. The van der Waals surface area contributed by atoms with Crippen LogP contribution >= 0.6 is 11.3 Å². The molecule has 2 rings (SSSR count). The molecule has 0 unspecified atom stereocenters. The molecule has 0 spiro atoms. The second-order valence-corrected chi connectivity index (χ2v) is 4.05. The lowest BCUT2D eigenvalue weighted by molar-refractivity contribution is 0.391. The first kappa shape index (κ1) is 11.0. The molecule has 0 radical (unpaired) electrons. The van der Waals surface area contributed by atoms with Gasteiger partial charge in [-0.05, 0) is 6.07 Å². The molecule has 0 aliphatic carbocycles. The summed E-state index contributed by atoms with van der Waals surface area (Å²) < 4.78 is 10.5. The summed E-state index contributed by atoms with van der Waals surface area (Å²) in [4.78, 5) is 4.26. The number of hydrogen-bond acceptors (Lipinski definition) is 4. The first-order chi connectivity index (χ1) is 7.83. The Morgan fingerprint density at radius 3 is 2.75 bits per heavy atom. The van der Waals surface area contributed by atoms with Crippen LogP contribution in [0.5, 0.6) is 11.5 Å². The van der Waals surface area contributed by atoms with Crippen LogP contribution in [0.25, 0.3) is 0 Å². The van der Waals surface area contributed by atoms with Gasteiger partial charge in [0.25, 0.3) is 0 Å². The maximum absolute atomic E-state index is 5.33. The predicted molar refractivity (Wildman–Crippen MR) is 64.5 cm³/mol. The molecular formula is C12H13NO2S. The van der Waals surface area contributed by atoms with Crippen molar-refractivity contribution in [3.8, 4) is 11.5 Å². The highest BCUT2D eigenvalue weighted by Gasteiger charge is 2.06. The molecule has 0 fully saturated rings. The second-order valence-electron chi connectivity index (χ2n) is 3.33. The van der Waals surface area contributed by atoms with Crippen molar-refractivity contribution in [2.24, 2.45) is 0 Å². The normalized spacial score (nSPS) is 10.1. The van der Waals surface area contributed by atoms with Crippen molar-refractivity contribution in [3.05, 3.63) is 40.3 Å². The van der Waals surface area contributed by atoms with Gasteiger partial charge in [-0.1, -0.05) is 6.07 Å². The summed E-state index contributed by atoms with van der Waals surface area (Å²) in [5, 5.41) is 2.05. The van der Waals surface area contributed by atoms with Crippen LogP contribution in [0.2, 0.25) is 0 Å². The Morgan fingerprint density at radius 2 is 2.12 bits per heavy atom. The van der Waals surface area contributed by atoms with Crippen molar-refractivity contribution >= 4 is 11.3 Å². The zero-order chi connectivity index (χ0) is 11.4. The minimum atomic E-state index is 0.788. The number of methoxy groups -OCH3 is 2. The van der Waals surface area contributed by atoms with Gasteiger partial charge < -0.3 is 9.47 Å². The molecule has 1 aromatic heterocycles. The van der Waals surface area contributed by atoms with Gasteiger partial charge in [0.2, 0.25) is 0 Å². The molecular weight excluding hydrogens is 222 g/mol. The third kappa shape index (κ3) is 2.33. The smallest absolute Gasteiger partial charge is 0.126 e. The van der Waals surface area contributed by atoms with E-state index in [-0.39, 0.29) is 0 Å². The van der Waals surface area contributed by atoms with E-state index < -0.39 is 0 Å². The fraction of sp³-hybridized carbons (Fsp3) is 0.250. The standard InChI is InChI=1S/C12H13NO2S/c1-14-11-4-3-9(12(6-11)15-2)5-10-7-16-8-13-10/h3-4,6-8H,5H2,1-2H3. The molecule has 16 heavy (non-hydrogen) atoms. The summed E-state index contributed by atoms with van der Waals surface area (Å²) in [7, 11) is 3.31. The summed E-state index contributed by atoms with van der Waals surface area (Å²) in [6.07, 6.45) is 0.788. The largest absolute Gasteiger partial charge is 0.497 e. The van der Waals surface area contributed by atoms with E-state index >= 15 is 0 Å². The number of aromatic nitrogens is 1. The molecule has 84 valence electrons. The molecule has 0 bridgehead atoms. The Morgan fingerprint density at radius 1 is 1.25 bits per heavy atom. The molecule has 0 aliphatic heterocycles. The monoisotopic (exact) mass is 235 g/mol. The molecule has 1 heterocycles. The van der Waals surface area contributed by atoms with Crippen LogP contribution in [0.3, 0.4) is 0 Å². The number of thiazole rings is 1. The van der Waals surface area contributed by atoms with Gasteiger partial charge in [-0.25, -0.2) is 4.98 Å². The number of nitrogens with zero attached hydrogens (tertiary/aromatic N) is 1. The van der Waals surface area contributed by atoms with Crippen LogP contribution in [0.4, 0.5) is 0 Å². The molecule has 2 aromatic rings. The predicted octanol–water partition coefficient (Wildman–Crippen LogP) is 2.75. The number of ether oxygens (including phenoxy) is 2. The number of benzene rings is 1. The van der Waals surface area contributed by atoms with Crippen molar-refractivity contribution in [1.82, 2.24) is 4.98 Å². The van der Waals surface area contributed by atoms with Crippen LogP contribution in [-0.2, 0) is 6.42 Å². The molecule has 0 saturated heterocycles. The molecule has 1 aromatic carbocycles. The van der Waals surface area contributed by atoms with Crippen LogP contribution < -0.4 is 9.47 Å². The van der Waals surface area contributed by atoms with Crippen LogP contribution in [-0.4, -0.2) is 19.2 Å². The number of rotatable bonds is 4. The van der Waals surface area contributed by atoms with Crippen molar-refractivity contribution in [3.63, 3.8) is 0 Å². The molecule has 4 heteroatoms. The minimum Gasteiger partial charge on any atom is -0.497 e. The average Bonchev–Trinajstić information content (AvgIpc) is 2.82. The Hall–Kier alpha value is -1.55. The van der Waals surface area contributed by atoms with Gasteiger partial charge in [-0.15, -0.1) is 11.3 Å². The Bertz CT molecular complexity index is 454. The van der Waals surface area contributed by atoms with Gasteiger partial charge in [0.1, 0.15) is 11.5 Å². The van der Waals surface area contributed by atoms with Crippen molar-refractivity contribution < 1.29 is 9.47 Å². The molecule has 3 nitrogen and oxygen atoms in total. The first-order valence-corrected chi connectivity index (χ1v) is 5.85. The van der Waals surface area contributed by atoms with Crippen molar-refractivity contribution in [1.29, 1.82) is 0 Å². The van der Waals surface area contributed by atoms with Crippen molar-refractivity contribution in [2.75, 3.05) is 14.2 Å².